The van der Waals surface area contributed by atoms with E-state index in [1.807, 2.05) is 30.3 Å². The van der Waals surface area contributed by atoms with Crippen molar-refractivity contribution in [1.29, 1.82) is 0 Å². The van der Waals surface area contributed by atoms with Crippen LogP contribution in [0.15, 0.2) is 43.0 Å². The summed E-state index contributed by atoms with van der Waals surface area (Å²) in [6.45, 7) is 8.80. The average Bonchev–Trinajstić information content (AvgIpc) is 2.42. The predicted molar refractivity (Wildman–Crippen MR) is 80.4 cm³/mol. The summed E-state index contributed by atoms with van der Waals surface area (Å²) in [5.41, 5.74) is 0.263. The van der Waals surface area contributed by atoms with E-state index >= 15 is 0 Å². The average molecular weight is 293 g/mol. The van der Waals surface area contributed by atoms with Crippen molar-refractivity contribution in [1.82, 2.24) is 5.06 Å². The first-order chi connectivity index (χ1) is 9.87. The van der Waals surface area contributed by atoms with Crippen LogP contribution < -0.4 is 0 Å². The lowest BCUT2D eigenvalue weighted by Crippen LogP contribution is -2.44. The summed E-state index contributed by atoms with van der Waals surface area (Å²) in [5, 5.41) is 10.4. The van der Waals surface area contributed by atoms with E-state index in [0.717, 1.165) is 10.6 Å². The van der Waals surface area contributed by atoms with Gasteiger partial charge in [0.1, 0.15) is 18.2 Å². The highest BCUT2D eigenvalue weighted by atomic mass is 16.7. The van der Waals surface area contributed by atoms with Crippen LogP contribution in [0, 0.1) is 0 Å². The molecule has 0 saturated heterocycles. The molecular weight excluding hydrogens is 270 g/mol. The zero-order chi connectivity index (χ0) is 15.9. The van der Waals surface area contributed by atoms with Crippen molar-refractivity contribution in [2.45, 2.75) is 39.0 Å². The Hall–Kier alpha value is -1.85. The molecule has 0 saturated carbocycles. The SMILES string of the molecule is C=C[C@H](CO)N(OCc1ccccc1)C(=O)OC(C)(C)C. The number of nitrogens with zero attached hydrogens (tertiary/aromatic N) is 1. The minimum atomic E-state index is -0.663. The molecule has 1 atom stereocenters. The number of hydroxylamine groups is 2. The number of carbonyl (C=O) groups is 1. The minimum absolute atomic E-state index is 0.199. The maximum Gasteiger partial charge on any atom is 0.435 e. The molecule has 0 fully saturated rings. The molecule has 1 aromatic rings. The van der Waals surface area contributed by atoms with Crippen molar-refractivity contribution in [3.05, 3.63) is 48.6 Å². The van der Waals surface area contributed by atoms with Crippen LogP contribution in [0.5, 0.6) is 0 Å². The van der Waals surface area contributed by atoms with Crippen molar-refractivity contribution < 1.29 is 19.5 Å². The van der Waals surface area contributed by atoms with Gasteiger partial charge in [-0.15, -0.1) is 6.58 Å². The molecule has 0 radical (unpaired) electrons. The van der Waals surface area contributed by atoms with Crippen LogP contribution in [0.25, 0.3) is 0 Å². The zero-order valence-electron chi connectivity index (χ0n) is 12.8. The normalized spacial score (nSPS) is 12.6. The van der Waals surface area contributed by atoms with Crippen molar-refractivity contribution in [2.75, 3.05) is 6.61 Å². The van der Waals surface area contributed by atoms with Crippen LogP contribution in [0.1, 0.15) is 26.3 Å². The first-order valence-corrected chi connectivity index (χ1v) is 6.80. The molecule has 5 heteroatoms. The molecule has 5 nitrogen and oxygen atoms in total. The number of benzene rings is 1. The third-order valence-electron chi connectivity index (χ3n) is 2.55. The lowest BCUT2D eigenvalue weighted by molar-refractivity contribution is -0.176. The van der Waals surface area contributed by atoms with Crippen LogP contribution in [-0.4, -0.2) is 34.5 Å². The van der Waals surface area contributed by atoms with Gasteiger partial charge in [0.15, 0.2) is 0 Å². The van der Waals surface area contributed by atoms with Gasteiger partial charge in [-0.05, 0) is 26.3 Å². The first kappa shape index (κ1) is 17.2. The third-order valence-corrected chi connectivity index (χ3v) is 2.55. The number of amides is 1. The fourth-order valence-corrected chi connectivity index (χ4v) is 1.55. The molecule has 1 amide bonds. The van der Waals surface area contributed by atoms with E-state index in [0.29, 0.717) is 0 Å². The van der Waals surface area contributed by atoms with Crippen LogP contribution in [-0.2, 0) is 16.2 Å². The summed E-state index contributed by atoms with van der Waals surface area (Å²) >= 11 is 0. The second-order valence-corrected chi connectivity index (χ2v) is 5.55. The number of rotatable bonds is 6. The van der Waals surface area contributed by atoms with Gasteiger partial charge in [0.25, 0.3) is 0 Å². The molecule has 0 aliphatic carbocycles. The van der Waals surface area contributed by atoms with Gasteiger partial charge >= 0.3 is 6.09 Å². The Kier molecular flexibility index (Phi) is 6.39. The standard InChI is InChI=1S/C16H23NO4/c1-5-14(11-18)17(15(19)21-16(2,3)4)20-12-13-9-7-6-8-10-13/h5-10,14,18H,1,11-12H2,2-4H3/t14-/m1/s1. The monoisotopic (exact) mass is 293 g/mol. The Morgan fingerprint density at radius 3 is 2.48 bits per heavy atom. The van der Waals surface area contributed by atoms with Gasteiger partial charge < -0.3 is 9.84 Å². The lowest BCUT2D eigenvalue weighted by Gasteiger charge is -2.30. The quantitative estimate of drug-likeness (QED) is 0.647. The summed E-state index contributed by atoms with van der Waals surface area (Å²) in [6, 6.07) is 8.77. The van der Waals surface area contributed by atoms with E-state index in [1.165, 1.54) is 6.08 Å². The number of ether oxygens (including phenoxy) is 1. The van der Waals surface area contributed by atoms with E-state index in [-0.39, 0.29) is 13.2 Å². The number of carbonyl (C=O) groups excluding carboxylic acids is 1. The van der Waals surface area contributed by atoms with Gasteiger partial charge in [0, 0.05) is 0 Å². The molecule has 0 aliphatic rings. The molecule has 0 heterocycles. The van der Waals surface area contributed by atoms with Gasteiger partial charge in [-0.25, -0.2) is 4.79 Å². The summed E-state index contributed by atoms with van der Waals surface area (Å²) in [5.74, 6) is 0. The minimum Gasteiger partial charge on any atom is -0.442 e. The summed E-state index contributed by atoms with van der Waals surface area (Å²) in [4.78, 5) is 17.7. The third kappa shape index (κ3) is 5.97. The first-order valence-electron chi connectivity index (χ1n) is 6.80. The van der Waals surface area contributed by atoms with Crippen LogP contribution in [0.3, 0.4) is 0 Å². The van der Waals surface area contributed by atoms with Gasteiger partial charge in [0.2, 0.25) is 0 Å². The van der Waals surface area contributed by atoms with Gasteiger partial charge in [-0.2, -0.15) is 5.06 Å². The van der Waals surface area contributed by atoms with E-state index < -0.39 is 17.7 Å². The number of aliphatic hydroxyl groups is 1. The molecule has 0 bridgehead atoms. The number of aliphatic hydroxyl groups excluding tert-OH is 1. The summed E-state index contributed by atoms with van der Waals surface area (Å²) in [6.07, 6.45) is 0.784. The Morgan fingerprint density at radius 2 is 2.00 bits per heavy atom. The molecule has 116 valence electrons. The summed E-state index contributed by atoms with van der Waals surface area (Å²) < 4.78 is 5.28. The van der Waals surface area contributed by atoms with E-state index in [2.05, 4.69) is 6.58 Å². The Morgan fingerprint density at radius 1 is 1.38 bits per heavy atom. The van der Waals surface area contributed by atoms with Crippen molar-refractivity contribution >= 4 is 6.09 Å². The fourth-order valence-electron chi connectivity index (χ4n) is 1.55. The summed E-state index contributed by atoms with van der Waals surface area (Å²) in [7, 11) is 0. The number of hydrogen-bond donors (Lipinski definition) is 1. The molecule has 0 aromatic heterocycles. The smallest absolute Gasteiger partial charge is 0.435 e. The van der Waals surface area contributed by atoms with Gasteiger partial charge in [-0.1, -0.05) is 36.4 Å². The highest BCUT2D eigenvalue weighted by Gasteiger charge is 2.27. The van der Waals surface area contributed by atoms with Crippen molar-refractivity contribution in [3.8, 4) is 0 Å². The van der Waals surface area contributed by atoms with Crippen molar-refractivity contribution in [3.63, 3.8) is 0 Å². The highest BCUT2D eigenvalue weighted by molar-refractivity contribution is 5.67. The molecule has 0 unspecified atom stereocenters. The fraction of sp³-hybridized carbons (Fsp3) is 0.438. The molecule has 1 N–H and O–H groups in total. The number of hydrogen-bond acceptors (Lipinski definition) is 4. The Labute approximate surface area is 125 Å². The van der Waals surface area contributed by atoms with Crippen molar-refractivity contribution in [2.24, 2.45) is 0 Å². The second kappa shape index (κ2) is 7.81. The van der Waals surface area contributed by atoms with Gasteiger partial charge in [-0.3, -0.25) is 4.84 Å². The zero-order valence-corrected chi connectivity index (χ0v) is 12.8. The molecule has 21 heavy (non-hydrogen) atoms. The van der Waals surface area contributed by atoms with Crippen LogP contribution in [0.4, 0.5) is 4.79 Å². The Bertz CT molecular complexity index is 453. The Balaban J connectivity index is 2.77. The topological polar surface area (TPSA) is 59.0 Å². The maximum atomic E-state index is 12.2. The molecule has 1 aromatic carbocycles. The van der Waals surface area contributed by atoms with E-state index in [4.69, 9.17) is 9.57 Å². The maximum absolute atomic E-state index is 12.2. The molecular formula is C16H23NO4. The molecule has 0 aliphatic heterocycles. The van der Waals surface area contributed by atoms with Crippen LogP contribution in [0.2, 0.25) is 0 Å². The molecule has 0 spiro atoms. The highest BCUT2D eigenvalue weighted by Crippen LogP contribution is 2.14. The van der Waals surface area contributed by atoms with Gasteiger partial charge in [0.05, 0.1) is 6.61 Å². The van der Waals surface area contributed by atoms with Crippen LogP contribution >= 0.6 is 0 Å². The molecule has 1 rings (SSSR count). The largest absolute Gasteiger partial charge is 0.442 e. The lowest BCUT2D eigenvalue weighted by atomic mass is 10.2. The van der Waals surface area contributed by atoms with E-state index in [9.17, 15) is 9.90 Å². The predicted octanol–water partition coefficient (Wildman–Crippen LogP) is 2.90. The second-order valence-electron chi connectivity index (χ2n) is 5.55. The van der Waals surface area contributed by atoms with E-state index in [1.54, 1.807) is 20.8 Å².